The molecule has 0 aliphatic carbocycles. The molecule has 2 rings (SSSR count). The van der Waals surface area contributed by atoms with Crippen LogP contribution in [0.25, 0.3) is 0 Å². The van der Waals surface area contributed by atoms with E-state index < -0.39 is 5.91 Å². The number of aryl methyl sites for hydroxylation is 1. The van der Waals surface area contributed by atoms with Crippen LogP contribution in [0.5, 0.6) is 0 Å². The SMILES string of the molecule is Cc1ccc(C#N)cc1NC(=O)c1cc(Cl)ncc1N. The van der Waals surface area contributed by atoms with E-state index in [2.05, 4.69) is 10.3 Å². The Labute approximate surface area is 121 Å². The molecule has 0 bridgehead atoms. The molecule has 100 valence electrons. The highest BCUT2D eigenvalue weighted by atomic mass is 35.5. The monoisotopic (exact) mass is 286 g/mol. The zero-order chi connectivity index (χ0) is 14.7. The molecule has 0 aliphatic heterocycles. The van der Waals surface area contributed by atoms with Crippen molar-refractivity contribution >= 4 is 28.9 Å². The van der Waals surface area contributed by atoms with Gasteiger partial charge in [-0.3, -0.25) is 4.79 Å². The van der Waals surface area contributed by atoms with Crippen LogP contribution in [0.3, 0.4) is 0 Å². The van der Waals surface area contributed by atoms with Gasteiger partial charge in [0.15, 0.2) is 0 Å². The maximum atomic E-state index is 12.2. The van der Waals surface area contributed by atoms with E-state index in [1.54, 1.807) is 18.2 Å². The van der Waals surface area contributed by atoms with Gasteiger partial charge in [0.2, 0.25) is 0 Å². The number of rotatable bonds is 2. The molecule has 0 saturated carbocycles. The number of halogens is 1. The van der Waals surface area contributed by atoms with Gasteiger partial charge in [0.25, 0.3) is 5.91 Å². The van der Waals surface area contributed by atoms with Crippen LogP contribution >= 0.6 is 11.6 Å². The fraction of sp³-hybridized carbons (Fsp3) is 0.0714. The minimum atomic E-state index is -0.398. The molecule has 1 aromatic carbocycles. The molecule has 0 fully saturated rings. The van der Waals surface area contributed by atoms with Crippen LogP contribution in [-0.2, 0) is 0 Å². The number of nitrogens with zero attached hydrogens (tertiary/aromatic N) is 2. The predicted molar refractivity (Wildman–Crippen MR) is 77.5 cm³/mol. The van der Waals surface area contributed by atoms with E-state index in [0.717, 1.165) is 5.56 Å². The standard InChI is InChI=1S/C14H11ClN4O/c1-8-2-3-9(6-16)4-12(8)19-14(20)10-5-13(15)18-7-11(10)17/h2-5,7H,17H2,1H3,(H,19,20). The van der Waals surface area contributed by atoms with Crippen molar-refractivity contribution < 1.29 is 4.79 Å². The minimum absolute atomic E-state index is 0.187. The summed E-state index contributed by atoms with van der Waals surface area (Å²) in [5.41, 5.74) is 8.05. The van der Waals surface area contributed by atoms with E-state index in [0.29, 0.717) is 11.3 Å². The first-order valence-electron chi connectivity index (χ1n) is 5.74. The molecule has 0 saturated heterocycles. The number of nitrogen functional groups attached to an aromatic ring is 1. The smallest absolute Gasteiger partial charge is 0.257 e. The van der Waals surface area contributed by atoms with Crippen LogP contribution in [0.1, 0.15) is 21.5 Å². The molecule has 6 heteroatoms. The van der Waals surface area contributed by atoms with Crippen LogP contribution in [0.4, 0.5) is 11.4 Å². The summed E-state index contributed by atoms with van der Waals surface area (Å²) in [5, 5.41) is 11.8. The van der Waals surface area contributed by atoms with Gasteiger partial charge in [-0.25, -0.2) is 4.98 Å². The number of carbonyl (C=O) groups excluding carboxylic acids is 1. The first-order chi connectivity index (χ1) is 9.51. The molecule has 0 radical (unpaired) electrons. The second-order valence-electron chi connectivity index (χ2n) is 4.19. The third-order valence-electron chi connectivity index (χ3n) is 2.76. The lowest BCUT2D eigenvalue weighted by atomic mass is 10.1. The van der Waals surface area contributed by atoms with Crippen LogP contribution in [0.15, 0.2) is 30.5 Å². The van der Waals surface area contributed by atoms with Gasteiger partial charge in [-0.1, -0.05) is 17.7 Å². The highest BCUT2D eigenvalue weighted by Crippen LogP contribution is 2.20. The number of nitrogens with one attached hydrogen (secondary N) is 1. The average molecular weight is 287 g/mol. The lowest BCUT2D eigenvalue weighted by Crippen LogP contribution is -2.15. The fourth-order valence-corrected chi connectivity index (χ4v) is 1.81. The molecule has 1 heterocycles. The third-order valence-corrected chi connectivity index (χ3v) is 2.97. The van der Waals surface area contributed by atoms with Crippen molar-refractivity contribution in [2.75, 3.05) is 11.1 Å². The molecule has 0 atom stereocenters. The summed E-state index contributed by atoms with van der Waals surface area (Å²) in [4.78, 5) is 16.0. The number of aromatic nitrogens is 1. The van der Waals surface area contributed by atoms with Crippen LogP contribution in [-0.4, -0.2) is 10.9 Å². The number of hydrogen-bond acceptors (Lipinski definition) is 4. The van der Waals surface area contributed by atoms with Crippen LogP contribution in [0, 0.1) is 18.3 Å². The zero-order valence-corrected chi connectivity index (χ0v) is 11.4. The van der Waals surface area contributed by atoms with Gasteiger partial charge in [0.05, 0.1) is 29.1 Å². The number of pyridine rings is 1. The summed E-state index contributed by atoms with van der Waals surface area (Å²) in [6, 6.07) is 8.47. The Hall–Kier alpha value is -2.58. The Morgan fingerprint density at radius 3 is 2.90 bits per heavy atom. The molecule has 20 heavy (non-hydrogen) atoms. The first kappa shape index (κ1) is 13.8. The van der Waals surface area contributed by atoms with Crippen molar-refractivity contribution in [2.24, 2.45) is 0 Å². The lowest BCUT2D eigenvalue weighted by Gasteiger charge is -2.10. The maximum Gasteiger partial charge on any atom is 0.257 e. The molecular formula is C14H11ClN4O. The highest BCUT2D eigenvalue weighted by Gasteiger charge is 2.12. The summed E-state index contributed by atoms with van der Waals surface area (Å²) >= 11 is 5.75. The van der Waals surface area contributed by atoms with Gasteiger partial charge < -0.3 is 11.1 Å². The van der Waals surface area contributed by atoms with E-state index in [1.807, 2.05) is 13.0 Å². The van der Waals surface area contributed by atoms with E-state index in [4.69, 9.17) is 22.6 Å². The Bertz CT molecular complexity index is 722. The molecule has 5 nitrogen and oxygen atoms in total. The molecule has 0 aliphatic rings. The quantitative estimate of drug-likeness (QED) is 0.830. The summed E-state index contributed by atoms with van der Waals surface area (Å²) in [6.45, 7) is 1.83. The summed E-state index contributed by atoms with van der Waals surface area (Å²) in [6.07, 6.45) is 1.33. The Morgan fingerprint density at radius 1 is 1.45 bits per heavy atom. The van der Waals surface area contributed by atoms with Crippen LogP contribution < -0.4 is 11.1 Å². The molecule has 1 aromatic heterocycles. The first-order valence-corrected chi connectivity index (χ1v) is 6.12. The molecule has 2 aromatic rings. The number of nitrogens with two attached hydrogens (primary N) is 1. The number of nitriles is 1. The van der Waals surface area contributed by atoms with E-state index in [-0.39, 0.29) is 16.4 Å². The van der Waals surface area contributed by atoms with Crippen molar-refractivity contribution in [3.05, 3.63) is 52.3 Å². The largest absolute Gasteiger partial charge is 0.397 e. The van der Waals surface area contributed by atoms with Gasteiger partial charge in [0, 0.05) is 5.69 Å². The summed E-state index contributed by atoms with van der Waals surface area (Å²) in [7, 11) is 0. The van der Waals surface area contributed by atoms with E-state index in [9.17, 15) is 4.79 Å². The number of hydrogen-bond donors (Lipinski definition) is 2. The molecule has 1 amide bonds. The Morgan fingerprint density at radius 2 is 2.20 bits per heavy atom. The van der Waals surface area contributed by atoms with E-state index in [1.165, 1.54) is 12.3 Å². The van der Waals surface area contributed by atoms with Crippen molar-refractivity contribution in [2.45, 2.75) is 6.92 Å². The average Bonchev–Trinajstić information content (AvgIpc) is 2.43. The topological polar surface area (TPSA) is 91.8 Å². The normalized spacial score (nSPS) is 9.85. The van der Waals surface area contributed by atoms with Gasteiger partial charge in [-0.05, 0) is 30.7 Å². The van der Waals surface area contributed by atoms with Crippen molar-refractivity contribution in [1.29, 1.82) is 5.26 Å². The predicted octanol–water partition coefficient (Wildman–Crippen LogP) is 2.75. The van der Waals surface area contributed by atoms with Gasteiger partial charge in [-0.2, -0.15) is 5.26 Å². The van der Waals surface area contributed by atoms with Gasteiger partial charge in [-0.15, -0.1) is 0 Å². The number of amides is 1. The molecular weight excluding hydrogens is 276 g/mol. The maximum absolute atomic E-state index is 12.2. The number of anilines is 2. The molecule has 3 N–H and O–H groups in total. The molecule has 0 unspecified atom stereocenters. The van der Waals surface area contributed by atoms with Gasteiger partial charge >= 0.3 is 0 Å². The van der Waals surface area contributed by atoms with Crippen LogP contribution in [0.2, 0.25) is 5.15 Å². The van der Waals surface area contributed by atoms with Crippen molar-refractivity contribution in [3.63, 3.8) is 0 Å². The Balaban J connectivity index is 2.33. The van der Waals surface area contributed by atoms with Gasteiger partial charge in [0.1, 0.15) is 5.15 Å². The second kappa shape index (κ2) is 5.59. The lowest BCUT2D eigenvalue weighted by molar-refractivity contribution is 0.102. The third kappa shape index (κ3) is 2.87. The molecule has 0 spiro atoms. The summed E-state index contributed by atoms with van der Waals surface area (Å²) < 4.78 is 0. The van der Waals surface area contributed by atoms with E-state index >= 15 is 0 Å². The summed E-state index contributed by atoms with van der Waals surface area (Å²) in [5.74, 6) is -0.398. The minimum Gasteiger partial charge on any atom is -0.397 e. The number of benzene rings is 1. The van der Waals surface area contributed by atoms with Crippen molar-refractivity contribution in [3.8, 4) is 6.07 Å². The highest BCUT2D eigenvalue weighted by molar-refractivity contribution is 6.30. The Kier molecular flexibility index (Phi) is 3.87. The van der Waals surface area contributed by atoms with Crippen molar-refractivity contribution in [1.82, 2.24) is 4.98 Å². The number of carbonyl (C=O) groups is 1. The fourth-order valence-electron chi connectivity index (χ4n) is 1.65. The second-order valence-corrected chi connectivity index (χ2v) is 4.58. The zero-order valence-electron chi connectivity index (χ0n) is 10.6.